The number of aryl methyl sites for hydroxylation is 2. The fourth-order valence-electron chi connectivity index (χ4n) is 2.57. The first-order valence-corrected chi connectivity index (χ1v) is 10.8. The largest absolute Gasteiger partial charge is 0.257 e. The Balaban J connectivity index is 1.87. The van der Waals surface area contributed by atoms with Gasteiger partial charge in [0.05, 0.1) is 10.7 Å². The number of nitrogens with zero attached hydrogens (tertiary/aromatic N) is 3. The molecule has 3 rings (SSSR count). The van der Waals surface area contributed by atoms with Crippen molar-refractivity contribution in [3.63, 3.8) is 0 Å². The van der Waals surface area contributed by atoms with E-state index in [1.807, 2.05) is 30.5 Å². The Bertz CT molecular complexity index is 736. The van der Waals surface area contributed by atoms with Crippen LogP contribution >= 0.6 is 27.0 Å². The quantitative estimate of drug-likeness (QED) is 0.553. The van der Waals surface area contributed by atoms with Gasteiger partial charge in [0.25, 0.3) is 0 Å². The summed E-state index contributed by atoms with van der Waals surface area (Å²) in [4.78, 5) is 0. The first-order chi connectivity index (χ1) is 11.6. The Morgan fingerprint density at radius 1 is 1.00 bits per heavy atom. The van der Waals surface area contributed by atoms with Gasteiger partial charge in [-0.25, -0.2) is 4.44 Å². The van der Waals surface area contributed by atoms with E-state index in [9.17, 15) is 0 Å². The van der Waals surface area contributed by atoms with E-state index in [-0.39, 0.29) is 0 Å². The van der Waals surface area contributed by atoms with Crippen molar-refractivity contribution >= 4 is 32.1 Å². The van der Waals surface area contributed by atoms with Gasteiger partial charge in [-0.1, -0.05) is 71.9 Å². The van der Waals surface area contributed by atoms with Gasteiger partial charge in [-0.05, 0) is 18.1 Å². The molecular weight excluding hydrogens is 356 g/mol. The highest BCUT2D eigenvalue weighted by Crippen LogP contribution is 2.49. The first kappa shape index (κ1) is 17.6. The van der Waals surface area contributed by atoms with Crippen LogP contribution in [0, 0.1) is 6.92 Å². The number of hydrogen-bond acceptors (Lipinski definition) is 2. The summed E-state index contributed by atoms with van der Waals surface area (Å²) in [7, 11) is 2.15. The van der Waals surface area contributed by atoms with E-state index in [2.05, 4.69) is 58.3 Å². The van der Waals surface area contributed by atoms with E-state index in [4.69, 9.17) is 11.2 Å². The van der Waals surface area contributed by atoms with E-state index < -0.39 is 7.43 Å². The topological polar surface area (TPSA) is 21.1 Å². The average molecular weight is 376 g/mol. The zero-order chi connectivity index (χ0) is 16.9. The molecule has 0 N–H and O–H groups in total. The maximum absolute atomic E-state index is 6.95. The number of hydrogen-bond donors (Lipinski definition) is 0. The van der Waals surface area contributed by atoms with Gasteiger partial charge in [0.15, 0.2) is 0 Å². The number of aromatic nitrogens is 2. The maximum Gasteiger partial charge on any atom is 0.103 e. The molecule has 0 saturated heterocycles. The Labute approximate surface area is 151 Å². The monoisotopic (exact) mass is 375 g/mol. The average Bonchev–Trinajstić information content (AvgIpc) is 2.94. The number of benzene rings is 2. The van der Waals surface area contributed by atoms with Gasteiger partial charge >= 0.3 is 0 Å². The number of halogens is 1. The fraction of sp³-hybridized carbons (Fsp3) is 0.222. The van der Waals surface area contributed by atoms with Crippen molar-refractivity contribution in [3.8, 4) is 0 Å². The lowest BCUT2D eigenvalue weighted by Gasteiger charge is -2.26. The highest BCUT2D eigenvalue weighted by atomic mass is 35.7. The van der Waals surface area contributed by atoms with Crippen molar-refractivity contribution in [3.05, 3.63) is 77.5 Å². The van der Waals surface area contributed by atoms with Crippen molar-refractivity contribution < 1.29 is 0 Å². The van der Waals surface area contributed by atoms with Crippen molar-refractivity contribution in [1.82, 2.24) is 14.2 Å². The van der Waals surface area contributed by atoms with E-state index in [1.54, 1.807) is 0 Å². The molecule has 124 valence electrons. The Kier molecular flexibility index (Phi) is 6.03. The Morgan fingerprint density at radius 2 is 1.50 bits per heavy atom. The van der Waals surface area contributed by atoms with Crippen LogP contribution in [-0.2, 0) is 20.1 Å². The SMILES string of the molecule is Cc1nn(C)pc1P(Cl)N(Cc1ccccc1)Cc1ccccc1. The van der Waals surface area contributed by atoms with Crippen LogP contribution in [0.25, 0.3) is 0 Å². The molecular formula is C18H20ClN3P2. The van der Waals surface area contributed by atoms with Gasteiger partial charge in [0, 0.05) is 28.5 Å². The molecule has 0 saturated carbocycles. The van der Waals surface area contributed by atoms with E-state index >= 15 is 0 Å². The summed E-state index contributed by atoms with van der Waals surface area (Å²) >= 11 is 6.95. The molecule has 1 heterocycles. The molecule has 24 heavy (non-hydrogen) atoms. The van der Waals surface area contributed by atoms with E-state index in [0.717, 1.165) is 27.1 Å². The molecule has 1 atom stereocenters. The molecule has 3 nitrogen and oxygen atoms in total. The highest BCUT2D eigenvalue weighted by molar-refractivity contribution is 7.92. The molecule has 3 aromatic rings. The summed E-state index contributed by atoms with van der Waals surface area (Å²) in [6, 6.07) is 21.0. The minimum atomic E-state index is -0.921. The van der Waals surface area contributed by atoms with Gasteiger partial charge in [-0.2, -0.15) is 5.10 Å². The molecule has 1 unspecified atom stereocenters. The molecule has 0 fully saturated rings. The zero-order valence-corrected chi connectivity index (χ0v) is 16.3. The van der Waals surface area contributed by atoms with Gasteiger partial charge in [0.2, 0.25) is 0 Å². The molecule has 0 aliphatic carbocycles. The minimum absolute atomic E-state index is 0.834. The molecule has 0 aliphatic rings. The fourth-order valence-corrected chi connectivity index (χ4v) is 6.42. The van der Waals surface area contributed by atoms with E-state index in [1.165, 1.54) is 16.2 Å². The van der Waals surface area contributed by atoms with Crippen LogP contribution in [0.5, 0.6) is 0 Å². The van der Waals surface area contributed by atoms with Crippen LogP contribution in [0.1, 0.15) is 16.8 Å². The molecule has 0 amide bonds. The Hall–Kier alpha value is -1.24. The third-order valence-electron chi connectivity index (χ3n) is 3.70. The maximum atomic E-state index is 6.95. The Morgan fingerprint density at radius 3 is 1.92 bits per heavy atom. The predicted octanol–water partition coefficient (Wildman–Crippen LogP) is 5.19. The van der Waals surface area contributed by atoms with Crippen LogP contribution in [0.3, 0.4) is 0 Å². The lowest BCUT2D eigenvalue weighted by molar-refractivity contribution is 0.454. The van der Waals surface area contributed by atoms with Crippen molar-refractivity contribution in [2.45, 2.75) is 20.0 Å². The summed E-state index contributed by atoms with van der Waals surface area (Å²) in [6.07, 6.45) is 0. The zero-order valence-electron chi connectivity index (χ0n) is 13.8. The lowest BCUT2D eigenvalue weighted by atomic mass is 10.2. The van der Waals surface area contributed by atoms with Crippen molar-refractivity contribution in [1.29, 1.82) is 0 Å². The second-order valence-electron chi connectivity index (χ2n) is 5.65. The van der Waals surface area contributed by atoms with Gasteiger partial charge in [-0.3, -0.25) is 4.67 Å². The van der Waals surface area contributed by atoms with E-state index in [0.29, 0.717) is 0 Å². The molecule has 0 aliphatic heterocycles. The summed E-state index contributed by atoms with van der Waals surface area (Å²) in [5.41, 5.74) is 3.60. The van der Waals surface area contributed by atoms with Crippen LogP contribution in [0.2, 0.25) is 0 Å². The molecule has 6 heteroatoms. The highest BCUT2D eigenvalue weighted by Gasteiger charge is 2.23. The molecule has 0 radical (unpaired) electrons. The lowest BCUT2D eigenvalue weighted by Crippen LogP contribution is -2.20. The standard InChI is InChI=1S/C18H20ClN3P2/c1-15-18(23-21(2)20-15)24(19)22(13-16-9-5-3-6-10-16)14-17-11-7-4-8-12-17/h3-12H,13-14H2,1-2H3. The van der Waals surface area contributed by atoms with Gasteiger partial charge in [0.1, 0.15) is 7.43 Å². The third kappa shape index (κ3) is 4.43. The number of rotatable bonds is 6. The third-order valence-corrected chi connectivity index (χ3v) is 8.38. The normalized spacial score (nSPS) is 12.8. The van der Waals surface area contributed by atoms with Gasteiger partial charge in [-0.15, -0.1) is 0 Å². The molecule has 1 aromatic heterocycles. The minimum Gasteiger partial charge on any atom is -0.257 e. The van der Waals surface area contributed by atoms with Crippen molar-refractivity contribution in [2.75, 3.05) is 0 Å². The van der Waals surface area contributed by atoms with Crippen LogP contribution < -0.4 is 5.04 Å². The summed E-state index contributed by atoms with van der Waals surface area (Å²) < 4.78 is 4.30. The smallest absolute Gasteiger partial charge is 0.103 e. The second-order valence-corrected chi connectivity index (χ2v) is 9.73. The van der Waals surface area contributed by atoms with Gasteiger partial charge < -0.3 is 0 Å². The second kappa shape index (κ2) is 8.23. The first-order valence-electron chi connectivity index (χ1n) is 7.80. The predicted molar refractivity (Wildman–Crippen MR) is 105 cm³/mol. The molecule has 0 bridgehead atoms. The molecule has 0 spiro atoms. The summed E-state index contributed by atoms with van der Waals surface area (Å²) in [5.74, 6) is 0. The van der Waals surface area contributed by atoms with Crippen LogP contribution in [-0.4, -0.2) is 14.2 Å². The van der Waals surface area contributed by atoms with Crippen molar-refractivity contribution in [2.24, 2.45) is 7.05 Å². The van der Waals surface area contributed by atoms with Crippen LogP contribution in [0.4, 0.5) is 0 Å². The summed E-state index contributed by atoms with van der Waals surface area (Å²) in [5, 5.41) is 5.72. The molecule has 2 aromatic carbocycles. The van der Waals surface area contributed by atoms with Crippen LogP contribution in [0.15, 0.2) is 60.7 Å². The summed E-state index contributed by atoms with van der Waals surface area (Å²) in [6.45, 7) is 3.72.